The second-order valence-corrected chi connectivity index (χ2v) is 7.37. The summed E-state index contributed by atoms with van der Waals surface area (Å²) in [6.07, 6.45) is 0. The first-order valence-electron chi connectivity index (χ1n) is 8.40. The van der Waals surface area contributed by atoms with Gasteiger partial charge in [0.1, 0.15) is 12.4 Å². The molecule has 0 bridgehead atoms. The number of nitrogens with zero attached hydrogens (tertiary/aromatic N) is 2. The number of hydrogen-bond acceptors (Lipinski definition) is 5. The van der Waals surface area contributed by atoms with Gasteiger partial charge < -0.3 is 14.9 Å². The molecule has 27 heavy (non-hydrogen) atoms. The van der Waals surface area contributed by atoms with Gasteiger partial charge in [-0.1, -0.05) is 29.8 Å². The van der Waals surface area contributed by atoms with E-state index in [4.69, 9.17) is 21.7 Å². The van der Waals surface area contributed by atoms with Gasteiger partial charge in [-0.3, -0.25) is 5.10 Å². The molecule has 0 unspecified atom stereocenters. The molecule has 0 radical (unpaired) electrons. The molecule has 0 atom stereocenters. The van der Waals surface area contributed by atoms with Crippen LogP contribution < -0.4 is 14.9 Å². The quantitative estimate of drug-likeness (QED) is 0.514. The van der Waals surface area contributed by atoms with E-state index < -0.39 is 0 Å². The smallest absolute Gasteiger partial charge is 0.214 e. The Bertz CT molecular complexity index is 982. The van der Waals surface area contributed by atoms with E-state index in [1.165, 1.54) is 5.56 Å². The van der Waals surface area contributed by atoms with Crippen LogP contribution in [0.5, 0.6) is 11.5 Å². The van der Waals surface area contributed by atoms with E-state index in [0.717, 1.165) is 21.4 Å². The number of methoxy groups -OCH3 is 1. The van der Waals surface area contributed by atoms with Crippen LogP contribution >= 0.6 is 28.1 Å². The normalized spacial score (nSPS) is 10.7. The number of aryl methyl sites for hydroxylation is 2. The summed E-state index contributed by atoms with van der Waals surface area (Å²) in [4.78, 5) is 0. The summed E-state index contributed by atoms with van der Waals surface area (Å²) < 4.78 is 14.6. The Kier molecular flexibility index (Phi) is 6.18. The number of ether oxygens (including phenoxy) is 2. The van der Waals surface area contributed by atoms with E-state index in [1.54, 1.807) is 11.8 Å². The molecule has 0 amide bonds. The molecule has 1 aromatic heterocycles. The Morgan fingerprint density at radius 2 is 1.93 bits per heavy atom. The molecular formula is C19H21BrN4O2S. The number of rotatable bonds is 7. The van der Waals surface area contributed by atoms with Crippen molar-refractivity contribution in [2.45, 2.75) is 27.0 Å². The van der Waals surface area contributed by atoms with Crippen LogP contribution in [0.3, 0.4) is 0 Å². The summed E-state index contributed by atoms with van der Waals surface area (Å²) in [5.41, 5.74) is 6.58. The van der Waals surface area contributed by atoms with Crippen molar-refractivity contribution < 1.29 is 9.47 Å². The van der Waals surface area contributed by atoms with E-state index in [1.807, 2.05) is 19.1 Å². The van der Waals surface area contributed by atoms with Crippen LogP contribution in [0.2, 0.25) is 0 Å². The molecule has 0 spiro atoms. The zero-order chi connectivity index (χ0) is 19.4. The Hall–Kier alpha value is -2.32. The van der Waals surface area contributed by atoms with Crippen molar-refractivity contribution in [2.24, 2.45) is 0 Å². The molecule has 2 aromatic carbocycles. The molecule has 0 aliphatic carbocycles. The van der Waals surface area contributed by atoms with Crippen molar-refractivity contribution in [1.82, 2.24) is 14.9 Å². The highest BCUT2D eigenvalue weighted by atomic mass is 79.9. The molecule has 6 nitrogen and oxygen atoms in total. The van der Waals surface area contributed by atoms with Crippen molar-refractivity contribution in [3.8, 4) is 11.5 Å². The third-order valence-electron chi connectivity index (χ3n) is 4.07. The molecule has 0 aliphatic heterocycles. The van der Waals surface area contributed by atoms with Crippen molar-refractivity contribution >= 4 is 28.1 Å². The van der Waals surface area contributed by atoms with E-state index in [0.29, 0.717) is 29.4 Å². The Balaban J connectivity index is 1.74. The number of aromatic nitrogens is 3. The maximum atomic E-state index is 6.00. The molecule has 0 saturated heterocycles. The molecule has 8 heteroatoms. The highest BCUT2D eigenvalue weighted by Gasteiger charge is 2.12. The van der Waals surface area contributed by atoms with Gasteiger partial charge in [-0.2, -0.15) is 5.10 Å². The van der Waals surface area contributed by atoms with Crippen LogP contribution in [0.15, 0.2) is 40.9 Å². The number of halogens is 1. The summed E-state index contributed by atoms with van der Waals surface area (Å²) in [5.74, 6) is 2.11. The fraction of sp³-hybridized carbons (Fsp3) is 0.263. The summed E-state index contributed by atoms with van der Waals surface area (Å²) in [5, 5.41) is 6.83. The summed E-state index contributed by atoms with van der Waals surface area (Å²) in [6, 6.07) is 12.2. The lowest BCUT2D eigenvalue weighted by Crippen LogP contribution is -2.16. The van der Waals surface area contributed by atoms with Crippen molar-refractivity contribution in [2.75, 3.05) is 12.5 Å². The molecule has 1 heterocycles. The third kappa shape index (κ3) is 4.70. The van der Waals surface area contributed by atoms with Gasteiger partial charge in [-0.25, -0.2) is 4.68 Å². The molecule has 142 valence electrons. The topological polar surface area (TPSA) is 64.1 Å². The molecule has 0 aliphatic rings. The average molecular weight is 449 g/mol. The third-order valence-corrected chi connectivity index (χ3v) is 4.94. The number of H-pyrrole nitrogens is 1. The number of nitrogens with one attached hydrogen (secondary N) is 2. The SMILES string of the molecule is COc1cc(CNn2c(C)n[nH]c2=S)cc(Br)c1OCc1ccc(C)cc1. The Morgan fingerprint density at radius 3 is 2.56 bits per heavy atom. The summed E-state index contributed by atoms with van der Waals surface area (Å²) in [7, 11) is 1.63. The van der Waals surface area contributed by atoms with Crippen LogP contribution in [-0.2, 0) is 13.2 Å². The van der Waals surface area contributed by atoms with Crippen LogP contribution in [0, 0.1) is 18.6 Å². The minimum absolute atomic E-state index is 0.468. The maximum absolute atomic E-state index is 6.00. The van der Waals surface area contributed by atoms with Gasteiger partial charge in [-0.05, 0) is 65.3 Å². The standard InChI is InChI=1S/C19H21BrN4O2S/c1-12-4-6-14(7-5-12)11-26-18-16(20)8-15(9-17(18)25-3)10-21-24-13(2)22-23-19(24)27/h4-9,21H,10-11H2,1-3H3,(H,23,27). The average Bonchev–Trinajstić information content (AvgIpc) is 2.98. The Labute approximate surface area is 171 Å². The van der Waals surface area contributed by atoms with Gasteiger partial charge in [0.05, 0.1) is 18.1 Å². The number of benzene rings is 2. The van der Waals surface area contributed by atoms with Gasteiger partial charge in [0, 0.05) is 0 Å². The molecule has 0 saturated carbocycles. The summed E-state index contributed by atoms with van der Waals surface area (Å²) >= 11 is 8.79. The van der Waals surface area contributed by atoms with Gasteiger partial charge in [-0.15, -0.1) is 0 Å². The van der Waals surface area contributed by atoms with Gasteiger partial charge in [0.2, 0.25) is 4.77 Å². The van der Waals surface area contributed by atoms with E-state index in [2.05, 4.69) is 62.7 Å². The molecule has 0 fully saturated rings. The highest BCUT2D eigenvalue weighted by Crippen LogP contribution is 2.37. The Morgan fingerprint density at radius 1 is 1.19 bits per heavy atom. The van der Waals surface area contributed by atoms with E-state index in [-0.39, 0.29) is 0 Å². The first kappa shape index (κ1) is 19.4. The second-order valence-electron chi connectivity index (χ2n) is 6.13. The summed E-state index contributed by atoms with van der Waals surface area (Å²) in [6.45, 7) is 4.96. The van der Waals surface area contributed by atoms with Gasteiger partial charge in [0.15, 0.2) is 11.5 Å². The molecule has 2 N–H and O–H groups in total. The van der Waals surface area contributed by atoms with Gasteiger partial charge >= 0.3 is 0 Å². The van der Waals surface area contributed by atoms with Crippen molar-refractivity contribution in [3.63, 3.8) is 0 Å². The fourth-order valence-electron chi connectivity index (χ4n) is 2.59. The first-order valence-corrected chi connectivity index (χ1v) is 9.60. The minimum atomic E-state index is 0.468. The van der Waals surface area contributed by atoms with Crippen LogP contribution in [0.1, 0.15) is 22.5 Å². The zero-order valence-corrected chi connectivity index (χ0v) is 17.8. The molecule has 3 rings (SSSR count). The monoisotopic (exact) mass is 448 g/mol. The fourth-order valence-corrected chi connectivity index (χ4v) is 3.43. The zero-order valence-electron chi connectivity index (χ0n) is 15.4. The van der Waals surface area contributed by atoms with E-state index in [9.17, 15) is 0 Å². The van der Waals surface area contributed by atoms with Crippen molar-refractivity contribution in [3.05, 3.63) is 68.2 Å². The van der Waals surface area contributed by atoms with Crippen LogP contribution in [-0.4, -0.2) is 22.0 Å². The lowest BCUT2D eigenvalue weighted by molar-refractivity contribution is 0.282. The maximum Gasteiger partial charge on any atom is 0.214 e. The lowest BCUT2D eigenvalue weighted by atomic mass is 10.1. The second kappa shape index (κ2) is 8.58. The van der Waals surface area contributed by atoms with Crippen LogP contribution in [0.25, 0.3) is 0 Å². The first-order chi connectivity index (χ1) is 13.0. The predicted octanol–water partition coefficient (Wildman–Crippen LogP) is 4.65. The minimum Gasteiger partial charge on any atom is -0.493 e. The van der Waals surface area contributed by atoms with Gasteiger partial charge in [0.25, 0.3) is 0 Å². The largest absolute Gasteiger partial charge is 0.493 e. The molecular weight excluding hydrogens is 428 g/mol. The van der Waals surface area contributed by atoms with Crippen LogP contribution in [0.4, 0.5) is 0 Å². The number of hydrogen-bond donors (Lipinski definition) is 2. The van der Waals surface area contributed by atoms with Crippen molar-refractivity contribution in [1.29, 1.82) is 0 Å². The highest BCUT2D eigenvalue weighted by molar-refractivity contribution is 9.10. The van der Waals surface area contributed by atoms with E-state index >= 15 is 0 Å². The molecule has 3 aromatic rings. The number of aromatic amines is 1. The lowest BCUT2D eigenvalue weighted by Gasteiger charge is -2.15. The predicted molar refractivity (Wildman–Crippen MR) is 111 cm³/mol.